The molecule has 116 valence electrons. The van der Waals surface area contributed by atoms with Crippen LogP contribution in [0.5, 0.6) is 11.5 Å². The molecule has 0 bridgehead atoms. The highest BCUT2D eigenvalue weighted by Crippen LogP contribution is 2.39. The van der Waals surface area contributed by atoms with Crippen LogP contribution >= 0.6 is 12.0 Å². The van der Waals surface area contributed by atoms with Crippen LogP contribution < -0.4 is 9.47 Å². The normalized spacial score (nSPS) is 15.0. The Bertz CT molecular complexity index is 650. The molecule has 0 spiro atoms. The second-order valence-corrected chi connectivity index (χ2v) is 6.73. The van der Waals surface area contributed by atoms with E-state index >= 15 is 0 Å². The molecule has 3 rings (SSSR count). The van der Waals surface area contributed by atoms with Crippen LogP contribution in [0.2, 0.25) is 0 Å². The number of fused-ring (bicyclic) bond motifs is 1. The molecule has 0 fully saturated rings. The van der Waals surface area contributed by atoms with E-state index in [-0.39, 0.29) is 0 Å². The van der Waals surface area contributed by atoms with Gasteiger partial charge in [0.1, 0.15) is 0 Å². The summed E-state index contributed by atoms with van der Waals surface area (Å²) < 4.78 is 17.1. The molecule has 1 heterocycles. The number of hydrogen-bond donors (Lipinski definition) is 0. The Morgan fingerprint density at radius 1 is 1.00 bits per heavy atom. The molecule has 0 aliphatic carbocycles. The zero-order valence-corrected chi connectivity index (χ0v) is 13.9. The molecule has 0 unspecified atom stereocenters. The molecular formula is C18H20O3S. The van der Waals surface area contributed by atoms with Crippen molar-refractivity contribution in [3.05, 3.63) is 53.6 Å². The summed E-state index contributed by atoms with van der Waals surface area (Å²) in [6.07, 6.45) is 0.843. The highest BCUT2D eigenvalue weighted by Gasteiger charge is 2.31. The second kappa shape index (κ2) is 6.23. The average Bonchev–Trinajstić information content (AvgIpc) is 2.78. The van der Waals surface area contributed by atoms with E-state index in [1.165, 1.54) is 23.2 Å². The highest BCUT2D eigenvalue weighted by molar-refractivity contribution is 7.94. The molecule has 0 radical (unpaired) electrons. The van der Waals surface area contributed by atoms with Crippen LogP contribution in [-0.4, -0.2) is 12.4 Å². The van der Waals surface area contributed by atoms with Crippen molar-refractivity contribution < 1.29 is 13.7 Å². The molecule has 0 saturated heterocycles. The minimum Gasteiger partial charge on any atom is -0.449 e. The van der Waals surface area contributed by atoms with Gasteiger partial charge in [0.25, 0.3) is 0 Å². The Kier molecular flexibility index (Phi) is 4.32. The first-order valence-electron chi connectivity index (χ1n) is 7.39. The van der Waals surface area contributed by atoms with E-state index in [1.807, 2.05) is 26.0 Å². The zero-order chi connectivity index (χ0) is 15.6. The fourth-order valence-electron chi connectivity index (χ4n) is 2.29. The fraction of sp³-hybridized carbons (Fsp3) is 0.333. The van der Waals surface area contributed by atoms with Gasteiger partial charge in [0.15, 0.2) is 11.5 Å². The summed E-state index contributed by atoms with van der Waals surface area (Å²) in [7, 11) is 0. The zero-order valence-electron chi connectivity index (χ0n) is 13.1. The van der Waals surface area contributed by atoms with E-state index in [1.54, 1.807) is 0 Å². The molecule has 22 heavy (non-hydrogen) atoms. The number of ether oxygens (including phenoxy) is 2. The van der Waals surface area contributed by atoms with Crippen LogP contribution in [0.1, 0.15) is 25.0 Å². The predicted molar refractivity (Wildman–Crippen MR) is 88.5 cm³/mol. The first-order valence-corrected chi connectivity index (χ1v) is 8.13. The van der Waals surface area contributed by atoms with Gasteiger partial charge in [-0.1, -0.05) is 23.8 Å². The van der Waals surface area contributed by atoms with Gasteiger partial charge in [-0.3, -0.25) is 0 Å². The largest absolute Gasteiger partial charge is 0.449 e. The summed E-state index contributed by atoms with van der Waals surface area (Å²) in [5, 5.41) is 0. The molecule has 0 saturated carbocycles. The van der Waals surface area contributed by atoms with Crippen molar-refractivity contribution in [3.63, 3.8) is 0 Å². The fourth-order valence-corrected chi connectivity index (χ4v) is 2.84. The van der Waals surface area contributed by atoms with Crippen LogP contribution in [0.25, 0.3) is 0 Å². The molecule has 2 aromatic carbocycles. The first-order chi connectivity index (χ1) is 10.5. The minimum absolute atomic E-state index is 0.571. The monoisotopic (exact) mass is 316 g/mol. The lowest BCUT2D eigenvalue weighted by molar-refractivity contribution is -0.0431. The molecule has 0 aromatic heterocycles. The van der Waals surface area contributed by atoms with Crippen LogP contribution in [0, 0.1) is 6.92 Å². The summed E-state index contributed by atoms with van der Waals surface area (Å²) in [6.45, 7) is 6.56. The van der Waals surface area contributed by atoms with Gasteiger partial charge in [-0.2, -0.15) is 0 Å². The van der Waals surface area contributed by atoms with Crippen molar-refractivity contribution in [1.29, 1.82) is 0 Å². The lowest BCUT2D eigenvalue weighted by Gasteiger charge is -2.16. The van der Waals surface area contributed by atoms with Gasteiger partial charge in [-0.05, 0) is 43.2 Å². The van der Waals surface area contributed by atoms with Gasteiger partial charge in [-0.15, -0.1) is 0 Å². The van der Waals surface area contributed by atoms with Gasteiger partial charge >= 0.3 is 0 Å². The number of aryl methyl sites for hydroxylation is 1. The summed E-state index contributed by atoms with van der Waals surface area (Å²) >= 11 is 1.42. The molecular weight excluding hydrogens is 296 g/mol. The average molecular weight is 316 g/mol. The maximum Gasteiger partial charge on any atom is 0.246 e. The van der Waals surface area contributed by atoms with Crippen LogP contribution in [0.4, 0.5) is 0 Å². The Hall–Kier alpha value is -1.65. The van der Waals surface area contributed by atoms with Crippen molar-refractivity contribution in [2.24, 2.45) is 0 Å². The summed E-state index contributed by atoms with van der Waals surface area (Å²) in [5.41, 5.74) is 2.44. The number of rotatable bonds is 5. The summed E-state index contributed by atoms with van der Waals surface area (Å²) in [4.78, 5) is 1.12. The second-order valence-electron chi connectivity index (χ2n) is 5.85. The lowest BCUT2D eigenvalue weighted by atomic mass is 10.1. The Morgan fingerprint density at radius 2 is 1.73 bits per heavy atom. The third-order valence-corrected chi connectivity index (χ3v) is 4.12. The van der Waals surface area contributed by atoms with Crippen LogP contribution in [-0.2, 0) is 10.6 Å². The summed E-state index contributed by atoms with van der Waals surface area (Å²) in [5.74, 6) is 1.05. The number of hydrogen-bond acceptors (Lipinski definition) is 4. The Balaban J connectivity index is 1.49. The molecule has 2 aromatic rings. The van der Waals surface area contributed by atoms with Crippen LogP contribution in [0.15, 0.2) is 47.4 Å². The molecule has 0 N–H and O–H groups in total. The topological polar surface area (TPSA) is 27.7 Å². The van der Waals surface area contributed by atoms with Crippen molar-refractivity contribution in [2.45, 2.75) is 37.9 Å². The van der Waals surface area contributed by atoms with Gasteiger partial charge < -0.3 is 13.7 Å². The standard InChI is InChI=1S/C18H20O3S/c1-13-4-7-15(8-5-13)22-19-11-10-14-6-9-16-17(12-14)21-18(2,3)20-16/h4-9,12H,10-11H2,1-3H3. The van der Waals surface area contributed by atoms with Crippen LogP contribution in [0.3, 0.4) is 0 Å². The van der Waals surface area contributed by atoms with E-state index in [0.29, 0.717) is 6.61 Å². The molecule has 4 heteroatoms. The molecule has 3 nitrogen and oxygen atoms in total. The highest BCUT2D eigenvalue weighted by atomic mass is 32.2. The molecule has 1 aliphatic heterocycles. The molecule has 0 amide bonds. The molecule has 1 aliphatic rings. The maximum absolute atomic E-state index is 5.75. The van der Waals surface area contributed by atoms with E-state index in [0.717, 1.165) is 22.8 Å². The van der Waals surface area contributed by atoms with Gasteiger partial charge in [0, 0.05) is 30.8 Å². The van der Waals surface area contributed by atoms with E-state index in [4.69, 9.17) is 13.7 Å². The van der Waals surface area contributed by atoms with Gasteiger partial charge in [-0.25, -0.2) is 0 Å². The Labute approximate surface area is 135 Å². The predicted octanol–water partition coefficient (Wildman–Crippen LogP) is 4.77. The molecule has 0 atom stereocenters. The summed E-state index contributed by atoms with van der Waals surface area (Å²) in [6, 6.07) is 14.4. The van der Waals surface area contributed by atoms with E-state index in [9.17, 15) is 0 Å². The van der Waals surface area contributed by atoms with Gasteiger partial charge in [0.05, 0.1) is 6.61 Å². The first kappa shape index (κ1) is 15.3. The van der Waals surface area contributed by atoms with E-state index < -0.39 is 5.79 Å². The quantitative estimate of drug-likeness (QED) is 0.587. The van der Waals surface area contributed by atoms with Gasteiger partial charge in [0.2, 0.25) is 5.79 Å². The maximum atomic E-state index is 5.75. The smallest absolute Gasteiger partial charge is 0.246 e. The van der Waals surface area contributed by atoms with Crippen molar-refractivity contribution in [3.8, 4) is 11.5 Å². The Morgan fingerprint density at radius 3 is 2.50 bits per heavy atom. The van der Waals surface area contributed by atoms with Crippen molar-refractivity contribution in [1.82, 2.24) is 0 Å². The number of benzene rings is 2. The van der Waals surface area contributed by atoms with Crippen molar-refractivity contribution >= 4 is 12.0 Å². The third-order valence-electron chi connectivity index (χ3n) is 3.37. The van der Waals surface area contributed by atoms with Crippen molar-refractivity contribution in [2.75, 3.05) is 6.61 Å². The third kappa shape index (κ3) is 3.76. The van der Waals surface area contributed by atoms with E-state index in [2.05, 4.69) is 37.3 Å². The lowest BCUT2D eigenvalue weighted by Crippen LogP contribution is -2.29. The minimum atomic E-state index is -0.571. The SMILES string of the molecule is Cc1ccc(SOCCc2ccc3c(c2)OC(C)(C)O3)cc1.